The first-order valence-electron chi connectivity index (χ1n) is 5.61. The van der Waals surface area contributed by atoms with Crippen molar-refractivity contribution in [2.45, 2.75) is 19.8 Å². The summed E-state index contributed by atoms with van der Waals surface area (Å²) in [7, 11) is 0. The van der Waals surface area contributed by atoms with Crippen molar-refractivity contribution in [3.63, 3.8) is 0 Å². The molecule has 0 fully saturated rings. The van der Waals surface area contributed by atoms with Crippen LogP contribution in [0.15, 0.2) is 18.5 Å². The molecule has 0 aliphatic rings. The van der Waals surface area contributed by atoms with Crippen molar-refractivity contribution in [3.05, 3.63) is 29.6 Å². The normalized spacial score (nSPS) is 9.29. The molecule has 0 radical (unpaired) electrons. The lowest BCUT2D eigenvalue weighted by Gasteiger charge is -2.03. The molecule has 1 aromatic rings. The SMILES string of the molecule is CCCCNC(=O)c1cncc(C#CCO)c1. The highest BCUT2D eigenvalue weighted by Crippen LogP contribution is 2.01. The van der Waals surface area contributed by atoms with Crippen LogP contribution in [0, 0.1) is 11.8 Å². The molecule has 1 heterocycles. The van der Waals surface area contributed by atoms with Crippen molar-refractivity contribution < 1.29 is 9.90 Å². The first-order chi connectivity index (χ1) is 8.27. The van der Waals surface area contributed by atoms with Crippen LogP contribution in [0.1, 0.15) is 35.7 Å². The number of aromatic nitrogens is 1. The predicted octanol–water partition coefficient (Wildman–Crippen LogP) is 0.955. The first-order valence-corrected chi connectivity index (χ1v) is 5.61. The van der Waals surface area contributed by atoms with Crippen LogP contribution in [0.3, 0.4) is 0 Å². The molecular weight excluding hydrogens is 216 g/mol. The van der Waals surface area contributed by atoms with E-state index in [1.54, 1.807) is 12.3 Å². The minimum Gasteiger partial charge on any atom is -0.384 e. The molecule has 4 nitrogen and oxygen atoms in total. The molecule has 0 unspecified atom stereocenters. The maximum Gasteiger partial charge on any atom is 0.252 e. The Bertz CT molecular complexity index is 433. The van der Waals surface area contributed by atoms with Crippen molar-refractivity contribution in [1.29, 1.82) is 0 Å². The Hall–Kier alpha value is -1.86. The molecule has 17 heavy (non-hydrogen) atoms. The molecule has 1 aromatic heterocycles. The monoisotopic (exact) mass is 232 g/mol. The lowest BCUT2D eigenvalue weighted by Crippen LogP contribution is -2.24. The fraction of sp³-hybridized carbons (Fsp3) is 0.385. The number of hydrogen-bond acceptors (Lipinski definition) is 3. The molecule has 4 heteroatoms. The summed E-state index contributed by atoms with van der Waals surface area (Å²) in [6, 6.07) is 1.66. The number of rotatable bonds is 4. The number of unbranched alkanes of at least 4 members (excludes halogenated alkanes) is 1. The Balaban J connectivity index is 2.67. The van der Waals surface area contributed by atoms with Gasteiger partial charge in [0.15, 0.2) is 0 Å². The van der Waals surface area contributed by atoms with Crippen molar-refractivity contribution in [2.24, 2.45) is 0 Å². The molecule has 0 bridgehead atoms. The predicted molar refractivity (Wildman–Crippen MR) is 65.4 cm³/mol. The average Bonchev–Trinajstić information content (AvgIpc) is 2.37. The number of aliphatic hydroxyl groups excluding tert-OH is 1. The third kappa shape index (κ3) is 4.66. The topological polar surface area (TPSA) is 62.2 Å². The van der Waals surface area contributed by atoms with E-state index in [4.69, 9.17) is 5.11 Å². The van der Waals surface area contributed by atoms with E-state index in [0.717, 1.165) is 12.8 Å². The van der Waals surface area contributed by atoms with Gasteiger partial charge < -0.3 is 10.4 Å². The zero-order valence-corrected chi connectivity index (χ0v) is 9.86. The van der Waals surface area contributed by atoms with Gasteiger partial charge in [-0.05, 0) is 12.5 Å². The van der Waals surface area contributed by atoms with E-state index in [9.17, 15) is 4.79 Å². The zero-order chi connectivity index (χ0) is 12.5. The average molecular weight is 232 g/mol. The minimum absolute atomic E-state index is 0.140. The van der Waals surface area contributed by atoms with E-state index < -0.39 is 0 Å². The summed E-state index contributed by atoms with van der Waals surface area (Å²) in [4.78, 5) is 15.6. The maximum atomic E-state index is 11.7. The molecule has 0 aromatic carbocycles. The third-order valence-electron chi connectivity index (χ3n) is 2.13. The van der Waals surface area contributed by atoms with E-state index >= 15 is 0 Å². The Morgan fingerprint density at radius 2 is 2.35 bits per heavy atom. The number of pyridine rings is 1. The van der Waals surface area contributed by atoms with Crippen molar-refractivity contribution in [2.75, 3.05) is 13.2 Å². The highest BCUT2D eigenvalue weighted by molar-refractivity contribution is 5.94. The van der Waals surface area contributed by atoms with Crippen LogP contribution in [0.4, 0.5) is 0 Å². The number of amides is 1. The van der Waals surface area contributed by atoms with Gasteiger partial charge in [-0.25, -0.2) is 0 Å². The van der Waals surface area contributed by atoms with Gasteiger partial charge in [0.2, 0.25) is 0 Å². The molecule has 0 aliphatic carbocycles. The Morgan fingerprint density at radius 3 is 3.06 bits per heavy atom. The zero-order valence-electron chi connectivity index (χ0n) is 9.86. The Morgan fingerprint density at radius 1 is 1.53 bits per heavy atom. The van der Waals surface area contributed by atoms with Gasteiger partial charge in [0.1, 0.15) is 6.61 Å². The van der Waals surface area contributed by atoms with Gasteiger partial charge in [0, 0.05) is 24.5 Å². The Kier molecular flexibility index (Phi) is 5.76. The standard InChI is InChI=1S/C13H16N2O2/c1-2-3-6-15-13(17)12-8-11(5-4-7-16)9-14-10-12/h8-10,16H,2-3,6-7H2,1H3,(H,15,17). The van der Waals surface area contributed by atoms with Gasteiger partial charge in [0.25, 0.3) is 5.91 Å². The number of carbonyl (C=O) groups excluding carboxylic acids is 1. The molecule has 0 spiro atoms. The number of hydrogen-bond donors (Lipinski definition) is 2. The fourth-order valence-electron chi connectivity index (χ4n) is 1.25. The molecular formula is C13H16N2O2. The van der Waals surface area contributed by atoms with Crippen LogP contribution < -0.4 is 5.32 Å². The summed E-state index contributed by atoms with van der Waals surface area (Å²) in [6.07, 6.45) is 5.07. The van der Waals surface area contributed by atoms with Crippen LogP contribution >= 0.6 is 0 Å². The van der Waals surface area contributed by atoms with Gasteiger partial charge in [-0.15, -0.1) is 0 Å². The van der Waals surface area contributed by atoms with E-state index in [1.807, 2.05) is 0 Å². The quantitative estimate of drug-likeness (QED) is 0.600. The van der Waals surface area contributed by atoms with Gasteiger partial charge in [-0.1, -0.05) is 25.2 Å². The van der Waals surface area contributed by atoms with Crippen LogP contribution in [0.5, 0.6) is 0 Å². The van der Waals surface area contributed by atoms with Crippen LogP contribution in [-0.2, 0) is 0 Å². The summed E-state index contributed by atoms with van der Waals surface area (Å²) in [6.45, 7) is 2.54. The van der Waals surface area contributed by atoms with Crippen molar-refractivity contribution >= 4 is 5.91 Å². The van der Waals surface area contributed by atoms with Crippen molar-refractivity contribution in [1.82, 2.24) is 10.3 Å². The Labute approximate surface area is 101 Å². The van der Waals surface area contributed by atoms with E-state index in [-0.39, 0.29) is 12.5 Å². The van der Waals surface area contributed by atoms with Crippen LogP contribution in [0.25, 0.3) is 0 Å². The molecule has 0 aliphatic heterocycles. The molecule has 90 valence electrons. The highest BCUT2D eigenvalue weighted by atomic mass is 16.2. The first kappa shape index (κ1) is 13.2. The fourth-order valence-corrected chi connectivity index (χ4v) is 1.25. The van der Waals surface area contributed by atoms with Gasteiger partial charge in [-0.2, -0.15) is 0 Å². The van der Waals surface area contributed by atoms with E-state index in [1.165, 1.54) is 6.20 Å². The second kappa shape index (κ2) is 7.42. The van der Waals surface area contributed by atoms with Gasteiger partial charge >= 0.3 is 0 Å². The smallest absolute Gasteiger partial charge is 0.252 e. The van der Waals surface area contributed by atoms with Gasteiger partial charge in [0.05, 0.1) is 5.56 Å². The molecule has 2 N–H and O–H groups in total. The lowest BCUT2D eigenvalue weighted by atomic mass is 10.2. The van der Waals surface area contributed by atoms with E-state index in [0.29, 0.717) is 17.7 Å². The van der Waals surface area contributed by atoms with Gasteiger partial charge in [-0.3, -0.25) is 9.78 Å². The number of nitrogens with one attached hydrogen (secondary N) is 1. The van der Waals surface area contributed by atoms with Crippen LogP contribution in [0.2, 0.25) is 0 Å². The lowest BCUT2D eigenvalue weighted by molar-refractivity contribution is 0.0953. The largest absolute Gasteiger partial charge is 0.384 e. The second-order valence-electron chi connectivity index (χ2n) is 3.53. The van der Waals surface area contributed by atoms with Crippen molar-refractivity contribution in [3.8, 4) is 11.8 Å². The summed E-state index contributed by atoms with van der Waals surface area (Å²) in [5.74, 6) is 5.09. The summed E-state index contributed by atoms with van der Waals surface area (Å²) in [5, 5.41) is 11.4. The molecule has 0 saturated heterocycles. The minimum atomic E-state index is -0.201. The second-order valence-corrected chi connectivity index (χ2v) is 3.53. The highest BCUT2D eigenvalue weighted by Gasteiger charge is 2.05. The summed E-state index contributed by atoms with van der Waals surface area (Å²) >= 11 is 0. The van der Waals surface area contributed by atoms with E-state index in [2.05, 4.69) is 29.1 Å². The molecule has 1 rings (SSSR count). The third-order valence-corrected chi connectivity index (χ3v) is 2.13. The number of nitrogens with zero attached hydrogens (tertiary/aromatic N) is 1. The number of aliphatic hydroxyl groups is 1. The molecule has 0 atom stereocenters. The summed E-state index contributed by atoms with van der Waals surface area (Å²) < 4.78 is 0. The summed E-state index contributed by atoms with van der Waals surface area (Å²) in [5.41, 5.74) is 1.12. The molecule has 0 saturated carbocycles. The number of carbonyl (C=O) groups is 1. The molecule has 1 amide bonds. The maximum absolute atomic E-state index is 11.7. The van der Waals surface area contributed by atoms with Crippen LogP contribution in [-0.4, -0.2) is 29.1 Å².